The first-order valence-corrected chi connectivity index (χ1v) is 6.67. The van der Waals surface area contributed by atoms with Crippen LogP contribution < -0.4 is 5.32 Å². The van der Waals surface area contributed by atoms with Gasteiger partial charge in [0.25, 0.3) is 5.91 Å². The number of hydrogen-bond donors (Lipinski definition) is 1. The normalized spacial score (nSPS) is 24.4. The van der Waals surface area contributed by atoms with Crippen molar-refractivity contribution in [2.75, 3.05) is 0 Å². The van der Waals surface area contributed by atoms with Gasteiger partial charge in [-0.25, -0.2) is 0 Å². The first-order valence-electron chi connectivity index (χ1n) is 5.38. The fraction of sp³-hybridized carbons (Fsp3) is 0.417. The zero-order valence-electron chi connectivity index (χ0n) is 8.75. The summed E-state index contributed by atoms with van der Waals surface area (Å²) in [4.78, 5) is 12.3. The highest BCUT2D eigenvalue weighted by atomic mass is 79.9. The van der Waals surface area contributed by atoms with Crippen molar-refractivity contribution in [2.45, 2.75) is 30.1 Å². The summed E-state index contributed by atoms with van der Waals surface area (Å²) in [5.74, 6) is -0.0815. The van der Waals surface area contributed by atoms with Crippen LogP contribution in [-0.2, 0) is 0 Å². The minimum atomic E-state index is -0.0815. The molecule has 0 bridgehead atoms. The van der Waals surface area contributed by atoms with Gasteiger partial charge in [-0.15, -0.1) is 0 Å². The van der Waals surface area contributed by atoms with Crippen LogP contribution in [0.2, 0.25) is 5.02 Å². The molecule has 0 aliphatic heterocycles. The Morgan fingerprint density at radius 3 is 2.75 bits per heavy atom. The summed E-state index contributed by atoms with van der Waals surface area (Å²) < 4.78 is 0. The number of carbonyl (C=O) groups is 1. The van der Waals surface area contributed by atoms with Crippen LogP contribution in [0.4, 0.5) is 0 Å². The molecular weight excluding hydrogens is 289 g/mol. The largest absolute Gasteiger partial charge is 0.348 e. The number of benzene rings is 1. The van der Waals surface area contributed by atoms with Gasteiger partial charge < -0.3 is 5.32 Å². The number of nitrogens with one attached hydrogen (secondary N) is 1. The molecule has 2 nitrogen and oxygen atoms in total. The fourth-order valence-electron chi connectivity index (χ4n) is 1.97. The molecule has 0 radical (unpaired) electrons. The number of amides is 1. The van der Waals surface area contributed by atoms with Crippen molar-refractivity contribution in [3.8, 4) is 0 Å². The highest BCUT2D eigenvalue weighted by Gasteiger charge is 2.26. The van der Waals surface area contributed by atoms with Gasteiger partial charge >= 0.3 is 0 Å². The molecule has 2 atom stereocenters. The quantitative estimate of drug-likeness (QED) is 0.834. The second kappa shape index (κ2) is 5.19. The van der Waals surface area contributed by atoms with E-state index in [4.69, 9.17) is 11.6 Å². The number of alkyl halides is 1. The predicted molar refractivity (Wildman–Crippen MR) is 69.3 cm³/mol. The summed E-state index contributed by atoms with van der Waals surface area (Å²) >= 11 is 9.54. The Labute approximate surface area is 108 Å². The molecule has 1 amide bonds. The summed E-state index contributed by atoms with van der Waals surface area (Å²) in [6.45, 7) is 0. The zero-order valence-corrected chi connectivity index (χ0v) is 11.1. The Morgan fingerprint density at radius 1 is 1.38 bits per heavy atom. The van der Waals surface area contributed by atoms with Crippen molar-refractivity contribution in [3.63, 3.8) is 0 Å². The van der Waals surface area contributed by atoms with Crippen LogP contribution in [-0.4, -0.2) is 16.8 Å². The summed E-state index contributed by atoms with van der Waals surface area (Å²) in [7, 11) is 0. The van der Waals surface area contributed by atoms with E-state index >= 15 is 0 Å². The second-order valence-electron chi connectivity index (χ2n) is 4.01. The van der Waals surface area contributed by atoms with E-state index in [0.717, 1.165) is 19.3 Å². The minimum absolute atomic E-state index is 0.0815. The molecule has 86 valence electrons. The van der Waals surface area contributed by atoms with Crippen LogP contribution in [0.5, 0.6) is 0 Å². The molecule has 0 aromatic heterocycles. The van der Waals surface area contributed by atoms with Gasteiger partial charge in [0.05, 0.1) is 10.6 Å². The standard InChI is InChI=1S/C12H13BrClNO/c13-9-5-3-7-11(9)15-12(16)8-4-1-2-6-10(8)14/h1-2,4,6,9,11H,3,5,7H2,(H,15,16). The average Bonchev–Trinajstić information content (AvgIpc) is 2.65. The summed E-state index contributed by atoms with van der Waals surface area (Å²) in [6, 6.07) is 7.35. The highest BCUT2D eigenvalue weighted by molar-refractivity contribution is 9.09. The van der Waals surface area contributed by atoms with Gasteiger partial charge in [-0.3, -0.25) is 4.79 Å². The van der Waals surface area contributed by atoms with Gasteiger partial charge in [-0.1, -0.05) is 46.1 Å². The van der Waals surface area contributed by atoms with Crippen molar-refractivity contribution in [1.29, 1.82) is 0 Å². The topological polar surface area (TPSA) is 29.1 Å². The molecule has 1 N–H and O–H groups in total. The molecule has 0 saturated heterocycles. The number of hydrogen-bond acceptors (Lipinski definition) is 1. The molecule has 1 fully saturated rings. The lowest BCUT2D eigenvalue weighted by molar-refractivity contribution is 0.0939. The third-order valence-electron chi connectivity index (χ3n) is 2.87. The van der Waals surface area contributed by atoms with Crippen LogP contribution >= 0.6 is 27.5 Å². The monoisotopic (exact) mass is 301 g/mol. The molecule has 1 aromatic carbocycles. The van der Waals surface area contributed by atoms with E-state index in [0.29, 0.717) is 15.4 Å². The number of halogens is 2. The van der Waals surface area contributed by atoms with E-state index in [-0.39, 0.29) is 11.9 Å². The van der Waals surface area contributed by atoms with E-state index in [1.807, 2.05) is 12.1 Å². The molecule has 1 saturated carbocycles. The van der Waals surface area contributed by atoms with Crippen LogP contribution in [0, 0.1) is 0 Å². The zero-order chi connectivity index (χ0) is 11.5. The fourth-order valence-corrected chi connectivity index (χ4v) is 2.91. The van der Waals surface area contributed by atoms with Crippen LogP contribution in [0.1, 0.15) is 29.6 Å². The highest BCUT2D eigenvalue weighted by Crippen LogP contribution is 2.26. The van der Waals surface area contributed by atoms with Gasteiger partial charge in [-0.05, 0) is 25.0 Å². The molecule has 2 rings (SSSR count). The van der Waals surface area contributed by atoms with Crippen molar-refractivity contribution >= 4 is 33.4 Å². The first-order chi connectivity index (χ1) is 7.68. The van der Waals surface area contributed by atoms with E-state index in [1.54, 1.807) is 12.1 Å². The Morgan fingerprint density at radius 2 is 2.12 bits per heavy atom. The molecular formula is C12H13BrClNO. The van der Waals surface area contributed by atoms with E-state index < -0.39 is 0 Å². The maximum Gasteiger partial charge on any atom is 0.253 e. The molecule has 16 heavy (non-hydrogen) atoms. The van der Waals surface area contributed by atoms with Crippen molar-refractivity contribution in [2.24, 2.45) is 0 Å². The molecule has 2 unspecified atom stereocenters. The van der Waals surface area contributed by atoms with Crippen LogP contribution in [0.25, 0.3) is 0 Å². The molecule has 0 spiro atoms. The van der Waals surface area contributed by atoms with Gasteiger partial charge in [0.15, 0.2) is 0 Å². The van der Waals surface area contributed by atoms with E-state index in [1.165, 1.54) is 0 Å². The third kappa shape index (κ3) is 2.58. The SMILES string of the molecule is O=C(NC1CCCC1Br)c1ccccc1Cl. The van der Waals surface area contributed by atoms with E-state index in [2.05, 4.69) is 21.2 Å². The molecule has 1 aromatic rings. The van der Waals surface area contributed by atoms with Crippen molar-refractivity contribution in [3.05, 3.63) is 34.9 Å². The van der Waals surface area contributed by atoms with Crippen molar-refractivity contribution in [1.82, 2.24) is 5.32 Å². The smallest absolute Gasteiger partial charge is 0.253 e. The molecule has 0 heterocycles. The first kappa shape index (κ1) is 11.9. The number of carbonyl (C=O) groups excluding carboxylic acids is 1. The predicted octanol–water partition coefficient (Wildman–Crippen LogP) is 3.39. The van der Waals surface area contributed by atoms with E-state index in [9.17, 15) is 4.79 Å². The van der Waals surface area contributed by atoms with Crippen molar-refractivity contribution < 1.29 is 4.79 Å². The Balaban J connectivity index is 2.06. The molecule has 1 aliphatic rings. The third-order valence-corrected chi connectivity index (χ3v) is 4.29. The Kier molecular flexibility index (Phi) is 3.87. The molecule has 1 aliphatic carbocycles. The molecule has 4 heteroatoms. The summed E-state index contributed by atoms with van der Waals surface area (Å²) in [6.07, 6.45) is 3.31. The maximum atomic E-state index is 12.0. The lowest BCUT2D eigenvalue weighted by atomic mass is 10.2. The number of rotatable bonds is 2. The van der Waals surface area contributed by atoms with Crippen LogP contribution in [0.3, 0.4) is 0 Å². The maximum absolute atomic E-state index is 12.0. The Hall–Kier alpha value is -0.540. The Bertz CT molecular complexity index is 396. The lowest BCUT2D eigenvalue weighted by Crippen LogP contribution is -2.37. The second-order valence-corrected chi connectivity index (χ2v) is 5.59. The lowest BCUT2D eigenvalue weighted by Gasteiger charge is -2.16. The summed E-state index contributed by atoms with van der Waals surface area (Å²) in [5.41, 5.74) is 0.552. The minimum Gasteiger partial charge on any atom is -0.348 e. The van der Waals surface area contributed by atoms with Gasteiger partial charge in [0.1, 0.15) is 0 Å². The van der Waals surface area contributed by atoms with Gasteiger partial charge in [-0.2, -0.15) is 0 Å². The summed E-state index contributed by atoms with van der Waals surface area (Å²) in [5, 5.41) is 3.52. The van der Waals surface area contributed by atoms with Gasteiger partial charge in [0.2, 0.25) is 0 Å². The van der Waals surface area contributed by atoms with Crippen LogP contribution in [0.15, 0.2) is 24.3 Å². The van der Waals surface area contributed by atoms with Gasteiger partial charge in [0, 0.05) is 10.9 Å². The average molecular weight is 303 g/mol.